The van der Waals surface area contributed by atoms with E-state index in [-0.39, 0.29) is 23.2 Å². The molecule has 0 bridgehead atoms. The van der Waals surface area contributed by atoms with E-state index in [2.05, 4.69) is 9.72 Å². The second-order valence-electron chi connectivity index (χ2n) is 4.64. The van der Waals surface area contributed by atoms with Crippen molar-refractivity contribution in [3.05, 3.63) is 27.9 Å². The number of hydrogen-bond donors (Lipinski definition) is 0. The van der Waals surface area contributed by atoms with E-state index in [1.165, 1.54) is 19.2 Å². The number of nitrogens with zero attached hydrogens (tertiary/aromatic N) is 2. The Balaban J connectivity index is 2.13. The van der Waals surface area contributed by atoms with Gasteiger partial charge in [0.05, 0.1) is 18.6 Å². The Morgan fingerprint density at radius 2 is 2.19 bits per heavy atom. The highest BCUT2D eigenvalue weighted by molar-refractivity contribution is 5.87. The van der Waals surface area contributed by atoms with E-state index < -0.39 is 10.9 Å². The fourth-order valence-corrected chi connectivity index (χ4v) is 2.01. The molecule has 1 aliphatic heterocycles. The number of hydrogen-bond acceptors (Lipinski definition) is 7. The van der Waals surface area contributed by atoms with Gasteiger partial charge in [-0.3, -0.25) is 10.1 Å². The van der Waals surface area contributed by atoms with Crippen LogP contribution in [-0.4, -0.2) is 42.8 Å². The summed E-state index contributed by atoms with van der Waals surface area (Å²) < 4.78 is 15.2. The predicted molar refractivity (Wildman–Crippen MR) is 71.3 cm³/mol. The molecule has 114 valence electrons. The molecule has 1 aromatic rings. The Bertz CT molecular complexity index is 527. The molecule has 0 saturated carbocycles. The third-order valence-corrected chi connectivity index (χ3v) is 3.23. The summed E-state index contributed by atoms with van der Waals surface area (Å²) in [6.45, 7) is 1.62. The maximum Gasteiger partial charge on any atom is 0.356 e. The second kappa shape index (κ2) is 6.98. The first-order valence-corrected chi connectivity index (χ1v) is 6.56. The van der Waals surface area contributed by atoms with E-state index >= 15 is 0 Å². The number of ether oxygens (including phenoxy) is 3. The molecule has 1 saturated heterocycles. The molecule has 0 atom stereocenters. The lowest BCUT2D eigenvalue weighted by Crippen LogP contribution is -2.22. The predicted octanol–water partition coefficient (Wildman–Crippen LogP) is 1.58. The van der Waals surface area contributed by atoms with Crippen molar-refractivity contribution in [1.82, 2.24) is 4.98 Å². The van der Waals surface area contributed by atoms with Gasteiger partial charge in [-0.15, -0.1) is 0 Å². The molecule has 0 N–H and O–H groups in total. The maximum absolute atomic E-state index is 11.4. The van der Waals surface area contributed by atoms with Crippen molar-refractivity contribution in [2.75, 3.05) is 26.9 Å². The van der Waals surface area contributed by atoms with Gasteiger partial charge < -0.3 is 14.2 Å². The average Bonchev–Trinajstić information content (AvgIpc) is 2.52. The molecule has 8 nitrogen and oxygen atoms in total. The summed E-state index contributed by atoms with van der Waals surface area (Å²) in [6.07, 6.45) is 1.68. The van der Waals surface area contributed by atoms with Crippen molar-refractivity contribution in [3.63, 3.8) is 0 Å². The summed E-state index contributed by atoms with van der Waals surface area (Å²) in [5, 5.41) is 11.0. The lowest BCUT2D eigenvalue weighted by Gasteiger charge is -2.21. The van der Waals surface area contributed by atoms with E-state index in [9.17, 15) is 14.9 Å². The molecule has 21 heavy (non-hydrogen) atoms. The number of aromatic nitrogens is 1. The molecular formula is C13H16N2O6. The van der Waals surface area contributed by atoms with Crippen molar-refractivity contribution in [3.8, 4) is 5.88 Å². The summed E-state index contributed by atoms with van der Waals surface area (Å²) in [6, 6.07) is 2.43. The lowest BCUT2D eigenvalue weighted by atomic mass is 10.0. The minimum absolute atomic E-state index is 0.0231. The summed E-state index contributed by atoms with van der Waals surface area (Å²) in [4.78, 5) is 25.7. The summed E-state index contributed by atoms with van der Waals surface area (Å²) in [5.74, 6) is -0.558. The van der Waals surface area contributed by atoms with Gasteiger partial charge in [0.15, 0.2) is 5.69 Å². The van der Waals surface area contributed by atoms with Crippen LogP contribution in [0.25, 0.3) is 0 Å². The van der Waals surface area contributed by atoms with Crippen LogP contribution in [0, 0.1) is 16.0 Å². The van der Waals surface area contributed by atoms with Crippen LogP contribution in [0.4, 0.5) is 5.69 Å². The van der Waals surface area contributed by atoms with Gasteiger partial charge in [-0.25, -0.2) is 9.78 Å². The van der Waals surface area contributed by atoms with E-state index in [1.54, 1.807) is 0 Å². The van der Waals surface area contributed by atoms with Crippen LogP contribution in [0.3, 0.4) is 0 Å². The van der Waals surface area contributed by atoms with Gasteiger partial charge in [0.25, 0.3) is 5.88 Å². The Morgan fingerprint density at radius 3 is 2.81 bits per heavy atom. The minimum atomic E-state index is -0.666. The van der Waals surface area contributed by atoms with Crippen LogP contribution in [-0.2, 0) is 9.47 Å². The smallest absolute Gasteiger partial charge is 0.356 e. The zero-order valence-electron chi connectivity index (χ0n) is 11.6. The number of esters is 1. The highest BCUT2D eigenvalue weighted by Gasteiger charge is 2.22. The Kier molecular flexibility index (Phi) is 5.04. The van der Waals surface area contributed by atoms with Crippen LogP contribution < -0.4 is 4.74 Å². The molecule has 0 unspecified atom stereocenters. The quantitative estimate of drug-likeness (QED) is 0.462. The molecule has 0 spiro atoms. The topological polar surface area (TPSA) is 101 Å². The normalized spacial score (nSPS) is 15.5. The highest BCUT2D eigenvalue weighted by Crippen LogP contribution is 2.26. The fraction of sp³-hybridized carbons (Fsp3) is 0.538. The molecule has 0 radical (unpaired) electrons. The molecule has 0 aromatic carbocycles. The van der Waals surface area contributed by atoms with Crippen molar-refractivity contribution in [2.24, 2.45) is 5.92 Å². The minimum Gasteiger partial charge on any atom is -0.472 e. The average molecular weight is 296 g/mol. The first-order valence-electron chi connectivity index (χ1n) is 6.56. The molecule has 0 aliphatic carbocycles. The van der Waals surface area contributed by atoms with E-state index in [1.807, 2.05) is 0 Å². The Labute approximate surface area is 121 Å². The number of rotatable bonds is 5. The van der Waals surface area contributed by atoms with E-state index in [4.69, 9.17) is 9.47 Å². The molecule has 2 heterocycles. The number of methoxy groups -OCH3 is 1. The Hall–Kier alpha value is -2.22. The van der Waals surface area contributed by atoms with Gasteiger partial charge in [-0.05, 0) is 24.8 Å². The first kappa shape index (κ1) is 15.2. The molecule has 1 fully saturated rings. The third-order valence-electron chi connectivity index (χ3n) is 3.23. The largest absolute Gasteiger partial charge is 0.472 e. The number of pyridine rings is 1. The highest BCUT2D eigenvalue weighted by atomic mass is 16.6. The van der Waals surface area contributed by atoms with Crippen LogP contribution >= 0.6 is 0 Å². The number of carbonyl (C=O) groups excluding carboxylic acids is 1. The number of nitro groups is 1. The van der Waals surface area contributed by atoms with Crippen molar-refractivity contribution in [2.45, 2.75) is 12.8 Å². The SMILES string of the molecule is COC(=O)c1ccc([N+](=O)[O-])c(OCC2CCOCC2)n1. The molecule has 1 aliphatic rings. The molecule has 0 amide bonds. The Morgan fingerprint density at radius 1 is 1.48 bits per heavy atom. The van der Waals surface area contributed by atoms with Gasteiger partial charge in [0, 0.05) is 19.3 Å². The lowest BCUT2D eigenvalue weighted by molar-refractivity contribution is -0.386. The van der Waals surface area contributed by atoms with Gasteiger partial charge in [-0.2, -0.15) is 0 Å². The molecular weight excluding hydrogens is 280 g/mol. The summed E-state index contributed by atoms with van der Waals surface area (Å²) in [5.41, 5.74) is -0.292. The number of carbonyl (C=O) groups is 1. The molecule has 1 aromatic heterocycles. The van der Waals surface area contributed by atoms with Crippen LogP contribution in [0.2, 0.25) is 0 Å². The third kappa shape index (κ3) is 3.88. The summed E-state index contributed by atoms with van der Waals surface area (Å²) >= 11 is 0. The van der Waals surface area contributed by atoms with E-state index in [0.717, 1.165) is 12.8 Å². The van der Waals surface area contributed by atoms with Crippen LogP contribution in [0.1, 0.15) is 23.3 Å². The van der Waals surface area contributed by atoms with Crippen molar-refractivity contribution in [1.29, 1.82) is 0 Å². The summed E-state index contributed by atoms with van der Waals surface area (Å²) in [7, 11) is 1.22. The van der Waals surface area contributed by atoms with Crippen LogP contribution in [0.15, 0.2) is 12.1 Å². The molecule has 8 heteroatoms. The zero-order chi connectivity index (χ0) is 15.2. The monoisotopic (exact) mass is 296 g/mol. The second-order valence-corrected chi connectivity index (χ2v) is 4.64. The van der Waals surface area contributed by atoms with Gasteiger partial charge >= 0.3 is 11.7 Å². The van der Waals surface area contributed by atoms with E-state index in [0.29, 0.717) is 19.8 Å². The van der Waals surface area contributed by atoms with Crippen molar-refractivity contribution < 1.29 is 23.9 Å². The standard InChI is InChI=1S/C13H16N2O6/c1-19-13(16)10-2-3-11(15(17)18)12(14-10)21-8-9-4-6-20-7-5-9/h2-3,9H,4-8H2,1H3. The van der Waals surface area contributed by atoms with Gasteiger partial charge in [-0.1, -0.05) is 0 Å². The van der Waals surface area contributed by atoms with Crippen molar-refractivity contribution >= 4 is 11.7 Å². The zero-order valence-corrected chi connectivity index (χ0v) is 11.6. The van der Waals surface area contributed by atoms with Crippen LogP contribution in [0.5, 0.6) is 5.88 Å². The maximum atomic E-state index is 11.4. The molecule has 2 rings (SSSR count). The fourth-order valence-electron chi connectivity index (χ4n) is 2.01. The first-order chi connectivity index (χ1) is 10.1. The van der Waals surface area contributed by atoms with Gasteiger partial charge in [0.2, 0.25) is 0 Å². The van der Waals surface area contributed by atoms with Gasteiger partial charge in [0.1, 0.15) is 0 Å².